The number of halogens is 1. The number of carbonyl (C=O) groups excluding carboxylic acids is 1. The molecule has 5 N–H and O–H groups in total. The van der Waals surface area contributed by atoms with Gasteiger partial charge in [-0.3, -0.25) is 9.89 Å². The Bertz CT molecular complexity index is 312. The maximum Gasteiger partial charge on any atom is 0.493 e. The van der Waals surface area contributed by atoms with Crippen molar-refractivity contribution in [2.24, 2.45) is 5.73 Å². The molecule has 0 saturated carbocycles. The predicted octanol–water partition coefficient (Wildman–Crippen LogP) is -2.21. The summed E-state index contributed by atoms with van der Waals surface area (Å²) in [6.45, 7) is 0. The topological polar surface area (TPSA) is 112 Å². The highest BCUT2D eigenvalue weighted by molar-refractivity contribution is 14.1. The number of carbonyl (C=O) groups is 1. The van der Waals surface area contributed by atoms with Crippen LogP contribution in [-0.4, -0.2) is 33.3 Å². The van der Waals surface area contributed by atoms with Crippen LogP contribution in [0.1, 0.15) is 10.5 Å². The maximum absolute atomic E-state index is 10.7. The Hall–Kier alpha value is -0.605. The van der Waals surface area contributed by atoms with Gasteiger partial charge in [0, 0.05) is 5.46 Å². The van der Waals surface area contributed by atoms with E-state index in [2.05, 4.69) is 10.2 Å². The molecule has 0 aliphatic rings. The van der Waals surface area contributed by atoms with Crippen LogP contribution in [0.25, 0.3) is 0 Å². The predicted molar refractivity (Wildman–Crippen MR) is 49.6 cm³/mol. The zero-order valence-corrected chi connectivity index (χ0v) is 7.94. The number of amides is 1. The molecule has 0 saturated heterocycles. The molecule has 0 aromatic carbocycles. The van der Waals surface area contributed by atoms with Gasteiger partial charge in [0.05, 0.1) is 3.70 Å². The van der Waals surface area contributed by atoms with Crippen LogP contribution in [0.15, 0.2) is 0 Å². The second-order valence-corrected chi connectivity index (χ2v) is 3.12. The Labute approximate surface area is 81.4 Å². The van der Waals surface area contributed by atoms with Crippen molar-refractivity contribution in [1.82, 2.24) is 10.2 Å². The molecule has 1 amide bonds. The summed E-state index contributed by atoms with van der Waals surface area (Å²) in [5.41, 5.74) is 4.79. The van der Waals surface area contributed by atoms with Crippen LogP contribution in [0.5, 0.6) is 0 Å². The fourth-order valence-electron chi connectivity index (χ4n) is 0.753. The highest BCUT2D eigenvalue weighted by Crippen LogP contribution is 2.00. The van der Waals surface area contributed by atoms with E-state index in [1.165, 1.54) is 0 Å². The minimum Gasteiger partial charge on any atom is -0.423 e. The Kier molecular flexibility index (Phi) is 2.70. The number of rotatable bonds is 2. The lowest BCUT2D eigenvalue weighted by atomic mass is 9.80. The lowest BCUT2D eigenvalue weighted by molar-refractivity contribution is 0.0996. The van der Waals surface area contributed by atoms with Gasteiger partial charge in [-0.05, 0) is 22.6 Å². The highest BCUT2D eigenvalue weighted by atomic mass is 127. The number of hydrogen-bond acceptors (Lipinski definition) is 4. The number of aromatic amines is 1. The number of nitrogens with zero attached hydrogens (tertiary/aromatic N) is 1. The third-order valence-electron chi connectivity index (χ3n) is 1.25. The lowest BCUT2D eigenvalue weighted by Crippen LogP contribution is -2.37. The third kappa shape index (κ3) is 1.59. The molecule has 0 fully saturated rings. The summed E-state index contributed by atoms with van der Waals surface area (Å²) < 4.78 is 0.386. The van der Waals surface area contributed by atoms with Gasteiger partial charge in [-0.1, -0.05) is 0 Å². The van der Waals surface area contributed by atoms with E-state index in [0.29, 0.717) is 3.70 Å². The molecule has 0 radical (unpaired) electrons. The van der Waals surface area contributed by atoms with Crippen LogP contribution in [0.2, 0.25) is 0 Å². The van der Waals surface area contributed by atoms with E-state index in [9.17, 15) is 4.79 Å². The van der Waals surface area contributed by atoms with Gasteiger partial charge in [0.25, 0.3) is 5.91 Å². The van der Waals surface area contributed by atoms with E-state index in [0.717, 1.165) is 0 Å². The molecular weight excluding hydrogens is 276 g/mol. The molecule has 64 valence electrons. The summed E-state index contributed by atoms with van der Waals surface area (Å²) in [6, 6.07) is 0. The molecule has 8 heteroatoms. The average molecular weight is 281 g/mol. The molecule has 0 bridgehead atoms. The minimum absolute atomic E-state index is 0.0168. The van der Waals surface area contributed by atoms with Gasteiger partial charge in [0.2, 0.25) is 0 Å². The largest absolute Gasteiger partial charge is 0.493 e. The van der Waals surface area contributed by atoms with E-state index in [1.807, 2.05) is 0 Å². The van der Waals surface area contributed by atoms with E-state index < -0.39 is 13.0 Å². The summed E-state index contributed by atoms with van der Waals surface area (Å²) in [4.78, 5) is 10.7. The molecule has 0 aliphatic carbocycles. The van der Waals surface area contributed by atoms with E-state index >= 15 is 0 Å². The van der Waals surface area contributed by atoms with Crippen molar-refractivity contribution < 1.29 is 14.8 Å². The zero-order valence-electron chi connectivity index (χ0n) is 5.78. The first kappa shape index (κ1) is 9.48. The van der Waals surface area contributed by atoms with Gasteiger partial charge in [-0.25, -0.2) is 0 Å². The first-order valence-corrected chi connectivity index (χ1v) is 4.01. The van der Waals surface area contributed by atoms with Gasteiger partial charge >= 0.3 is 7.12 Å². The smallest absolute Gasteiger partial charge is 0.423 e. The first-order chi connectivity index (χ1) is 5.54. The number of H-pyrrole nitrogens is 1. The van der Waals surface area contributed by atoms with Crippen molar-refractivity contribution in [3.63, 3.8) is 0 Å². The lowest BCUT2D eigenvalue weighted by Gasteiger charge is -1.96. The molecule has 1 rings (SSSR count). The van der Waals surface area contributed by atoms with E-state index in [1.54, 1.807) is 22.6 Å². The van der Waals surface area contributed by atoms with Crippen molar-refractivity contribution in [1.29, 1.82) is 0 Å². The SMILES string of the molecule is NC(=O)c1n[nH]c(I)c1B(O)O. The van der Waals surface area contributed by atoms with Crippen molar-refractivity contribution >= 4 is 41.1 Å². The van der Waals surface area contributed by atoms with Crippen LogP contribution in [-0.2, 0) is 0 Å². The number of nitrogens with one attached hydrogen (secondary N) is 1. The molecule has 12 heavy (non-hydrogen) atoms. The van der Waals surface area contributed by atoms with Gasteiger partial charge in [0.15, 0.2) is 5.69 Å². The number of aromatic nitrogens is 2. The second kappa shape index (κ2) is 3.41. The Balaban J connectivity index is 3.21. The molecule has 0 aliphatic heterocycles. The Morgan fingerprint density at radius 3 is 2.58 bits per heavy atom. The van der Waals surface area contributed by atoms with Crippen molar-refractivity contribution in [2.45, 2.75) is 0 Å². The Morgan fingerprint density at radius 1 is 1.67 bits per heavy atom. The number of primary amides is 1. The molecule has 0 atom stereocenters. The molecule has 1 heterocycles. The van der Waals surface area contributed by atoms with Crippen LogP contribution >= 0.6 is 22.6 Å². The normalized spacial score (nSPS) is 9.92. The van der Waals surface area contributed by atoms with Crippen LogP contribution < -0.4 is 11.2 Å². The highest BCUT2D eigenvalue weighted by Gasteiger charge is 2.25. The van der Waals surface area contributed by atoms with Gasteiger partial charge in [0.1, 0.15) is 0 Å². The zero-order chi connectivity index (χ0) is 9.30. The first-order valence-electron chi connectivity index (χ1n) is 2.93. The van der Waals surface area contributed by atoms with E-state index in [-0.39, 0.29) is 11.2 Å². The van der Waals surface area contributed by atoms with Gasteiger partial charge < -0.3 is 15.8 Å². The quantitative estimate of drug-likeness (QED) is 0.364. The number of hydrogen-bond donors (Lipinski definition) is 4. The van der Waals surface area contributed by atoms with E-state index in [4.69, 9.17) is 15.8 Å². The van der Waals surface area contributed by atoms with Crippen molar-refractivity contribution in [3.05, 3.63) is 9.39 Å². The molecule has 0 spiro atoms. The number of nitrogens with two attached hydrogens (primary N) is 1. The summed E-state index contributed by atoms with van der Waals surface area (Å²) >= 11 is 1.78. The third-order valence-corrected chi connectivity index (χ3v) is 2.07. The molecule has 0 unspecified atom stereocenters. The molecule has 1 aromatic heterocycles. The summed E-state index contributed by atoms with van der Waals surface area (Å²) in [5, 5.41) is 23.5. The maximum atomic E-state index is 10.7. The fraction of sp³-hybridized carbons (Fsp3) is 0. The van der Waals surface area contributed by atoms with Crippen LogP contribution in [0, 0.1) is 3.70 Å². The van der Waals surface area contributed by atoms with Crippen LogP contribution in [0.3, 0.4) is 0 Å². The molecule has 6 nitrogen and oxygen atoms in total. The summed E-state index contributed by atoms with van der Waals surface area (Å²) in [7, 11) is -1.74. The molecular formula is C4H5BIN3O3. The van der Waals surface area contributed by atoms with Gasteiger partial charge in [-0.2, -0.15) is 5.10 Å². The molecule has 1 aromatic rings. The van der Waals surface area contributed by atoms with Gasteiger partial charge in [-0.15, -0.1) is 0 Å². The Morgan fingerprint density at radius 2 is 2.25 bits per heavy atom. The fourth-order valence-corrected chi connectivity index (χ4v) is 1.41. The average Bonchev–Trinajstić information content (AvgIpc) is 2.30. The van der Waals surface area contributed by atoms with Crippen LogP contribution in [0.4, 0.5) is 0 Å². The second-order valence-electron chi connectivity index (χ2n) is 2.04. The monoisotopic (exact) mass is 281 g/mol. The minimum atomic E-state index is -1.74. The van der Waals surface area contributed by atoms with Crippen molar-refractivity contribution in [2.75, 3.05) is 0 Å². The summed E-state index contributed by atoms with van der Waals surface area (Å²) in [5.74, 6) is -0.794. The van der Waals surface area contributed by atoms with Crippen molar-refractivity contribution in [3.8, 4) is 0 Å². The standard InChI is InChI=1S/C4H5BIN3O3/c6-3-1(5(11)12)2(4(7)10)8-9-3/h11-12H,(H2,7,10)(H,8,9). The summed E-state index contributed by atoms with van der Waals surface area (Å²) in [6.07, 6.45) is 0.